The van der Waals surface area contributed by atoms with E-state index in [2.05, 4.69) is 24.5 Å². The maximum absolute atomic E-state index is 13.0. The van der Waals surface area contributed by atoms with Crippen LogP contribution in [0, 0.1) is 5.92 Å². The van der Waals surface area contributed by atoms with Gasteiger partial charge in [0.2, 0.25) is 11.8 Å². The summed E-state index contributed by atoms with van der Waals surface area (Å²) in [6, 6.07) is 5.39. The van der Waals surface area contributed by atoms with Gasteiger partial charge in [0.05, 0.1) is 0 Å². The molecule has 2 atom stereocenters. The number of hydrogen-bond acceptors (Lipinski definition) is 5. The average Bonchev–Trinajstić information content (AvgIpc) is 2.96. The number of carbonyl (C=O) groups is 3. The van der Waals surface area contributed by atoms with Crippen LogP contribution in [0.25, 0.3) is 0 Å². The third-order valence-electron chi connectivity index (χ3n) is 5.46. The lowest BCUT2D eigenvalue weighted by Crippen LogP contribution is -2.52. The molecule has 0 aromatic heterocycles. The molecule has 1 saturated heterocycles. The smallest absolute Gasteiger partial charge is 0.255 e. The molecule has 7 nitrogen and oxygen atoms in total. The van der Waals surface area contributed by atoms with E-state index < -0.39 is 6.04 Å². The Kier molecular flexibility index (Phi) is 5.92. The predicted octanol–water partition coefficient (Wildman–Crippen LogP) is 0.911. The van der Waals surface area contributed by atoms with Gasteiger partial charge in [-0.3, -0.25) is 19.7 Å². The topological polar surface area (TPSA) is 105 Å². The highest BCUT2D eigenvalue weighted by atomic mass is 16.2. The van der Waals surface area contributed by atoms with Crippen LogP contribution in [0.15, 0.2) is 18.2 Å². The molecule has 0 saturated carbocycles. The second-order valence-electron chi connectivity index (χ2n) is 7.72. The number of amides is 3. The Morgan fingerprint density at radius 1 is 1.30 bits per heavy atom. The number of nitrogens with one attached hydrogen (secondary N) is 2. The van der Waals surface area contributed by atoms with E-state index in [0.29, 0.717) is 31.0 Å². The molecular weight excluding hydrogens is 344 g/mol. The normalized spacial score (nSPS) is 20.8. The molecule has 2 heterocycles. The summed E-state index contributed by atoms with van der Waals surface area (Å²) in [5.74, 6) is -0.341. The third-order valence-corrected chi connectivity index (χ3v) is 5.46. The van der Waals surface area contributed by atoms with Crippen LogP contribution in [-0.2, 0) is 22.7 Å². The van der Waals surface area contributed by atoms with Crippen molar-refractivity contribution in [1.82, 2.24) is 15.5 Å². The summed E-state index contributed by atoms with van der Waals surface area (Å²) in [5, 5.41) is 5.71. The van der Waals surface area contributed by atoms with Crippen molar-refractivity contribution in [2.24, 2.45) is 11.7 Å². The lowest BCUT2D eigenvalue weighted by molar-refractivity contribution is -0.136. The summed E-state index contributed by atoms with van der Waals surface area (Å²) < 4.78 is 0. The number of hydrogen-bond donors (Lipinski definition) is 3. The SMILES string of the molecule is CC(C)[C@H](N)CCNCc1cccc2c1C(=O)N(C1CCC(=O)NC1=O)C2. The van der Waals surface area contributed by atoms with Crippen LogP contribution in [0.5, 0.6) is 0 Å². The first-order valence-corrected chi connectivity index (χ1v) is 9.60. The third kappa shape index (κ3) is 4.20. The number of imide groups is 1. The average molecular weight is 372 g/mol. The van der Waals surface area contributed by atoms with Gasteiger partial charge in [0.15, 0.2) is 0 Å². The molecule has 2 aliphatic heterocycles. The van der Waals surface area contributed by atoms with Gasteiger partial charge >= 0.3 is 0 Å². The quantitative estimate of drug-likeness (QED) is 0.487. The summed E-state index contributed by atoms with van der Waals surface area (Å²) in [7, 11) is 0. The summed E-state index contributed by atoms with van der Waals surface area (Å²) in [5.41, 5.74) is 8.62. The molecule has 4 N–H and O–H groups in total. The summed E-state index contributed by atoms with van der Waals surface area (Å²) in [6.45, 7) is 6.00. The Balaban J connectivity index is 1.66. The molecule has 0 aliphatic carbocycles. The maximum Gasteiger partial charge on any atom is 0.255 e. The molecule has 146 valence electrons. The van der Waals surface area contributed by atoms with Gasteiger partial charge in [-0.15, -0.1) is 0 Å². The zero-order chi connectivity index (χ0) is 19.6. The van der Waals surface area contributed by atoms with Gasteiger partial charge in [0.25, 0.3) is 5.91 Å². The predicted molar refractivity (Wildman–Crippen MR) is 102 cm³/mol. The fourth-order valence-corrected chi connectivity index (χ4v) is 3.66. The van der Waals surface area contributed by atoms with Crippen LogP contribution in [-0.4, -0.2) is 41.2 Å². The van der Waals surface area contributed by atoms with E-state index in [1.165, 1.54) is 0 Å². The Labute approximate surface area is 159 Å². The van der Waals surface area contributed by atoms with Gasteiger partial charge in [0, 0.05) is 31.1 Å². The van der Waals surface area contributed by atoms with Crippen LogP contribution in [0.4, 0.5) is 0 Å². The van der Waals surface area contributed by atoms with E-state index in [-0.39, 0.29) is 30.2 Å². The van der Waals surface area contributed by atoms with E-state index in [1.54, 1.807) is 4.90 Å². The molecule has 27 heavy (non-hydrogen) atoms. The van der Waals surface area contributed by atoms with Gasteiger partial charge in [-0.1, -0.05) is 32.0 Å². The molecule has 7 heteroatoms. The van der Waals surface area contributed by atoms with Crippen LogP contribution < -0.4 is 16.4 Å². The molecule has 3 amide bonds. The standard InChI is InChI=1S/C20H28N4O3/c1-12(2)15(21)8-9-22-10-13-4-3-5-14-11-24(20(27)18(13)14)16-6-7-17(25)23-19(16)26/h3-5,12,15-16,22H,6-11,21H2,1-2H3,(H,23,25,26)/t15-,16?/m1/s1. The first-order valence-electron chi connectivity index (χ1n) is 9.60. The molecule has 1 fully saturated rings. The number of carbonyl (C=O) groups excluding carboxylic acids is 3. The number of benzene rings is 1. The molecule has 1 unspecified atom stereocenters. The summed E-state index contributed by atoms with van der Waals surface area (Å²) >= 11 is 0. The molecular formula is C20H28N4O3. The fraction of sp³-hybridized carbons (Fsp3) is 0.550. The van der Waals surface area contributed by atoms with Crippen LogP contribution >= 0.6 is 0 Å². The van der Waals surface area contributed by atoms with Crippen LogP contribution in [0.3, 0.4) is 0 Å². The molecule has 2 aliphatic rings. The van der Waals surface area contributed by atoms with Crippen molar-refractivity contribution in [2.45, 2.75) is 58.3 Å². The number of nitrogens with two attached hydrogens (primary N) is 1. The van der Waals surface area contributed by atoms with Crippen molar-refractivity contribution in [3.63, 3.8) is 0 Å². The van der Waals surface area contributed by atoms with E-state index in [1.807, 2.05) is 18.2 Å². The van der Waals surface area contributed by atoms with Gasteiger partial charge in [0.1, 0.15) is 6.04 Å². The van der Waals surface area contributed by atoms with Crippen molar-refractivity contribution < 1.29 is 14.4 Å². The van der Waals surface area contributed by atoms with Crippen molar-refractivity contribution in [3.05, 3.63) is 34.9 Å². The minimum Gasteiger partial charge on any atom is -0.327 e. The fourth-order valence-electron chi connectivity index (χ4n) is 3.66. The van der Waals surface area contributed by atoms with Crippen molar-refractivity contribution in [1.29, 1.82) is 0 Å². The van der Waals surface area contributed by atoms with Crippen molar-refractivity contribution >= 4 is 17.7 Å². The zero-order valence-corrected chi connectivity index (χ0v) is 16.0. The molecule has 1 aromatic rings. The Hall–Kier alpha value is -2.25. The van der Waals surface area contributed by atoms with Gasteiger partial charge < -0.3 is 16.0 Å². The molecule has 0 bridgehead atoms. The van der Waals surface area contributed by atoms with E-state index in [9.17, 15) is 14.4 Å². The molecule has 0 radical (unpaired) electrons. The van der Waals surface area contributed by atoms with Gasteiger partial charge in [-0.05, 0) is 36.4 Å². The van der Waals surface area contributed by atoms with Gasteiger partial charge in [-0.2, -0.15) is 0 Å². The maximum atomic E-state index is 13.0. The van der Waals surface area contributed by atoms with Crippen LogP contribution in [0.2, 0.25) is 0 Å². The Morgan fingerprint density at radius 2 is 2.07 bits per heavy atom. The minimum absolute atomic E-state index is 0.129. The second kappa shape index (κ2) is 8.19. The molecule has 3 rings (SSSR count). The van der Waals surface area contributed by atoms with E-state index in [0.717, 1.165) is 24.1 Å². The lowest BCUT2D eigenvalue weighted by atomic mass is 10.0. The number of nitrogens with zero attached hydrogens (tertiary/aromatic N) is 1. The molecule has 0 spiro atoms. The number of piperidine rings is 1. The lowest BCUT2D eigenvalue weighted by Gasteiger charge is -2.29. The van der Waals surface area contributed by atoms with E-state index in [4.69, 9.17) is 5.73 Å². The highest BCUT2D eigenvalue weighted by Gasteiger charge is 2.39. The first kappa shape index (κ1) is 19.5. The minimum atomic E-state index is -0.576. The Bertz CT molecular complexity index is 747. The highest BCUT2D eigenvalue weighted by molar-refractivity contribution is 6.05. The second-order valence-corrected chi connectivity index (χ2v) is 7.72. The first-order chi connectivity index (χ1) is 12.9. The number of rotatable bonds is 7. The Morgan fingerprint density at radius 3 is 2.78 bits per heavy atom. The van der Waals surface area contributed by atoms with Crippen molar-refractivity contribution in [2.75, 3.05) is 6.54 Å². The summed E-state index contributed by atoms with van der Waals surface area (Å²) in [6.07, 6.45) is 1.52. The number of fused-ring (bicyclic) bond motifs is 1. The zero-order valence-electron chi connectivity index (χ0n) is 16.0. The van der Waals surface area contributed by atoms with Crippen LogP contribution in [0.1, 0.15) is 54.6 Å². The largest absolute Gasteiger partial charge is 0.327 e. The molecule has 1 aromatic carbocycles. The monoisotopic (exact) mass is 372 g/mol. The summed E-state index contributed by atoms with van der Waals surface area (Å²) in [4.78, 5) is 38.1. The van der Waals surface area contributed by atoms with Crippen molar-refractivity contribution in [3.8, 4) is 0 Å². The van der Waals surface area contributed by atoms with E-state index >= 15 is 0 Å². The highest BCUT2D eigenvalue weighted by Crippen LogP contribution is 2.29. The van der Waals surface area contributed by atoms with Gasteiger partial charge in [-0.25, -0.2) is 0 Å².